The first-order valence-corrected chi connectivity index (χ1v) is 9.10. The minimum absolute atomic E-state index is 0. The molecular formula is C19H22BrCl2NO3. The van der Waals surface area contributed by atoms with Gasteiger partial charge in [0.2, 0.25) is 0 Å². The molecule has 2 rings (SSSR count). The first kappa shape index (κ1) is 22.8. The van der Waals surface area contributed by atoms with Gasteiger partial charge in [0.1, 0.15) is 12.4 Å². The van der Waals surface area contributed by atoms with Crippen LogP contribution in [0, 0.1) is 0 Å². The summed E-state index contributed by atoms with van der Waals surface area (Å²) in [6.45, 7) is 2.51. The summed E-state index contributed by atoms with van der Waals surface area (Å²) in [4.78, 5) is 12.6. The van der Waals surface area contributed by atoms with Crippen molar-refractivity contribution < 1.29 is 14.6 Å². The van der Waals surface area contributed by atoms with Crippen molar-refractivity contribution in [1.29, 1.82) is 0 Å². The fourth-order valence-corrected chi connectivity index (χ4v) is 2.83. The number of carboxylic acid groups (broad SMARTS) is 1. The Kier molecular flexibility index (Phi) is 9.44. The molecule has 0 fully saturated rings. The van der Waals surface area contributed by atoms with E-state index in [4.69, 9.17) is 21.4 Å². The smallest absolute Gasteiger partial charge is 0.317 e. The standard InChI is InChI=1S/C19H21BrClNO3.ClH/c1-13(22(2)11-19(23)24)9-14-3-6-16(7-4-14)25-12-15-5-8-17(20)18(21)10-15;/h3-8,10,13H,9,11-12H2,1-2H3,(H,23,24);1H. The summed E-state index contributed by atoms with van der Waals surface area (Å²) in [6, 6.07) is 13.8. The molecule has 142 valence electrons. The van der Waals surface area contributed by atoms with Gasteiger partial charge in [-0.25, -0.2) is 0 Å². The Bertz CT molecular complexity index is 725. The highest BCUT2D eigenvalue weighted by Crippen LogP contribution is 2.24. The Hall–Kier alpha value is -1.27. The molecule has 0 amide bonds. The normalized spacial score (nSPS) is 11.7. The zero-order valence-electron chi connectivity index (χ0n) is 14.6. The quantitative estimate of drug-likeness (QED) is 0.596. The van der Waals surface area contributed by atoms with Crippen LogP contribution in [0.4, 0.5) is 0 Å². The number of carbonyl (C=O) groups is 1. The van der Waals surface area contributed by atoms with Crippen LogP contribution in [-0.2, 0) is 17.8 Å². The van der Waals surface area contributed by atoms with Gasteiger partial charge < -0.3 is 9.84 Å². The topological polar surface area (TPSA) is 49.8 Å². The number of hydrogen-bond donors (Lipinski definition) is 1. The number of ether oxygens (including phenoxy) is 1. The number of halogens is 3. The highest BCUT2D eigenvalue weighted by Gasteiger charge is 2.12. The van der Waals surface area contributed by atoms with Crippen LogP contribution < -0.4 is 4.74 Å². The Morgan fingerprint density at radius 3 is 2.42 bits per heavy atom. The van der Waals surface area contributed by atoms with E-state index in [-0.39, 0.29) is 25.0 Å². The third kappa shape index (κ3) is 7.16. The molecule has 1 N–H and O–H groups in total. The van der Waals surface area contributed by atoms with Crippen LogP contribution in [0.2, 0.25) is 5.02 Å². The van der Waals surface area contributed by atoms with Crippen LogP contribution in [0.25, 0.3) is 0 Å². The molecular weight excluding hydrogens is 441 g/mol. The van der Waals surface area contributed by atoms with Gasteiger partial charge in [-0.15, -0.1) is 12.4 Å². The third-order valence-corrected chi connectivity index (χ3v) is 5.21. The van der Waals surface area contributed by atoms with Gasteiger partial charge in [0, 0.05) is 10.5 Å². The Morgan fingerprint density at radius 1 is 1.23 bits per heavy atom. The maximum absolute atomic E-state index is 10.8. The average Bonchev–Trinajstić information content (AvgIpc) is 2.56. The van der Waals surface area contributed by atoms with Crippen molar-refractivity contribution in [2.75, 3.05) is 13.6 Å². The van der Waals surface area contributed by atoms with Crippen LogP contribution in [0.15, 0.2) is 46.9 Å². The minimum atomic E-state index is -0.814. The summed E-state index contributed by atoms with van der Waals surface area (Å²) in [5, 5.41) is 9.51. The monoisotopic (exact) mass is 461 g/mol. The summed E-state index contributed by atoms with van der Waals surface area (Å²) in [5.41, 5.74) is 2.14. The fourth-order valence-electron chi connectivity index (χ4n) is 2.38. The number of benzene rings is 2. The van der Waals surface area contributed by atoms with E-state index in [1.54, 1.807) is 0 Å². The lowest BCUT2D eigenvalue weighted by Gasteiger charge is -2.22. The minimum Gasteiger partial charge on any atom is -0.489 e. The molecule has 0 aliphatic carbocycles. The third-order valence-electron chi connectivity index (χ3n) is 3.98. The molecule has 1 atom stereocenters. The molecule has 2 aromatic rings. The lowest BCUT2D eigenvalue weighted by molar-refractivity contribution is -0.138. The molecule has 0 bridgehead atoms. The molecule has 0 saturated carbocycles. The first-order valence-electron chi connectivity index (χ1n) is 7.93. The van der Waals surface area contributed by atoms with Gasteiger partial charge in [0.05, 0.1) is 11.6 Å². The lowest BCUT2D eigenvalue weighted by atomic mass is 10.1. The molecule has 7 heteroatoms. The van der Waals surface area contributed by atoms with Gasteiger partial charge >= 0.3 is 5.97 Å². The van der Waals surface area contributed by atoms with E-state index in [9.17, 15) is 4.79 Å². The number of hydrogen-bond acceptors (Lipinski definition) is 3. The molecule has 2 aromatic carbocycles. The second-order valence-corrected chi connectivity index (χ2v) is 7.30. The molecule has 4 nitrogen and oxygen atoms in total. The molecule has 0 aromatic heterocycles. The van der Waals surface area contributed by atoms with Crippen LogP contribution >= 0.6 is 39.9 Å². The molecule has 0 aliphatic rings. The molecule has 26 heavy (non-hydrogen) atoms. The van der Waals surface area contributed by atoms with Gasteiger partial charge in [-0.1, -0.05) is 29.8 Å². The number of nitrogens with zero attached hydrogens (tertiary/aromatic N) is 1. The molecule has 0 radical (unpaired) electrons. The van der Waals surface area contributed by atoms with E-state index >= 15 is 0 Å². The van der Waals surface area contributed by atoms with Crippen LogP contribution in [-0.4, -0.2) is 35.6 Å². The van der Waals surface area contributed by atoms with E-state index in [1.165, 1.54) is 0 Å². The van der Waals surface area contributed by atoms with Crippen molar-refractivity contribution in [3.63, 3.8) is 0 Å². The zero-order chi connectivity index (χ0) is 18.4. The second kappa shape index (κ2) is 10.8. The van der Waals surface area contributed by atoms with Gasteiger partial charge in [0.15, 0.2) is 0 Å². The summed E-state index contributed by atoms with van der Waals surface area (Å²) in [5.74, 6) is -0.0273. The number of rotatable bonds is 8. The SMILES string of the molecule is CC(Cc1ccc(OCc2ccc(Br)c(Cl)c2)cc1)N(C)CC(=O)O.Cl. The fraction of sp³-hybridized carbons (Fsp3) is 0.316. The molecule has 0 heterocycles. The predicted molar refractivity (Wildman–Crippen MR) is 111 cm³/mol. The van der Waals surface area contributed by atoms with Crippen LogP contribution in [0.3, 0.4) is 0 Å². The van der Waals surface area contributed by atoms with Crippen molar-refractivity contribution >= 4 is 45.9 Å². The van der Waals surface area contributed by atoms with Crippen molar-refractivity contribution in [3.05, 3.63) is 63.1 Å². The van der Waals surface area contributed by atoms with Gasteiger partial charge in [0.25, 0.3) is 0 Å². The van der Waals surface area contributed by atoms with E-state index in [0.717, 1.165) is 27.8 Å². The van der Waals surface area contributed by atoms with Crippen molar-refractivity contribution in [1.82, 2.24) is 4.90 Å². The first-order chi connectivity index (χ1) is 11.8. The predicted octanol–water partition coefficient (Wildman–Crippen LogP) is 5.05. The summed E-state index contributed by atoms with van der Waals surface area (Å²) in [7, 11) is 1.82. The van der Waals surface area contributed by atoms with Crippen molar-refractivity contribution in [2.24, 2.45) is 0 Å². The lowest BCUT2D eigenvalue weighted by Crippen LogP contribution is -2.35. The largest absolute Gasteiger partial charge is 0.489 e. The van der Waals surface area contributed by atoms with Crippen LogP contribution in [0.5, 0.6) is 5.75 Å². The van der Waals surface area contributed by atoms with E-state index < -0.39 is 5.97 Å². The van der Waals surface area contributed by atoms with E-state index in [1.807, 2.05) is 61.3 Å². The number of likely N-dealkylation sites (N-methyl/N-ethyl adjacent to an activating group) is 1. The number of aliphatic carboxylic acids is 1. The summed E-state index contributed by atoms with van der Waals surface area (Å²) in [6.07, 6.45) is 0.784. The van der Waals surface area contributed by atoms with E-state index in [0.29, 0.717) is 11.6 Å². The Balaban J connectivity index is 0.00000338. The van der Waals surface area contributed by atoms with E-state index in [2.05, 4.69) is 15.9 Å². The Labute approximate surface area is 173 Å². The summed E-state index contributed by atoms with van der Waals surface area (Å²) < 4.78 is 6.65. The second-order valence-electron chi connectivity index (χ2n) is 6.04. The Morgan fingerprint density at radius 2 is 1.85 bits per heavy atom. The van der Waals surface area contributed by atoms with Gasteiger partial charge in [-0.3, -0.25) is 9.69 Å². The summed E-state index contributed by atoms with van der Waals surface area (Å²) >= 11 is 9.45. The number of carboxylic acids is 1. The average molecular weight is 463 g/mol. The van der Waals surface area contributed by atoms with Crippen molar-refractivity contribution in [2.45, 2.75) is 26.0 Å². The highest BCUT2D eigenvalue weighted by molar-refractivity contribution is 9.10. The van der Waals surface area contributed by atoms with Gasteiger partial charge in [-0.05, 0) is 71.7 Å². The maximum Gasteiger partial charge on any atom is 0.317 e. The zero-order valence-corrected chi connectivity index (χ0v) is 17.8. The molecule has 0 saturated heterocycles. The maximum atomic E-state index is 10.8. The van der Waals surface area contributed by atoms with Crippen LogP contribution in [0.1, 0.15) is 18.1 Å². The molecule has 0 aliphatic heterocycles. The molecule has 0 spiro atoms. The highest BCUT2D eigenvalue weighted by atomic mass is 79.9. The molecule has 1 unspecified atom stereocenters. The van der Waals surface area contributed by atoms with Crippen molar-refractivity contribution in [3.8, 4) is 5.75 Å². The van der Waals surface area contributed by atoms with Gasteiger partial charge in [-0.2, -0.15) is 0 Å².